The number of alkyl halides is 4. The van der Waals surface area contributed by atoms with Gasteiger partial charge in [-0.25, -0.2) is 21.6 Å². The van der Waals surface area contributed by atoms with Gasteiger partial charge < -0.3 is 4.43 Å². The molecule has 1 aliphatic carbocycles. The Bertz CT molecular complexity index is 780. The first kappa shape index (κ1) is 21.3. The van der Waals surface area contributed by atoms with Crippen LogP contribution in [0.3, 0.4) is 0 Å². The first-order chi connectivity index (χ1) is 11.8. The number of fused-ring (bicyclic) bond motifs is 1. The van der Waals surface area contributed by atoms with Gasteiger partial charge in [-0.05, 0) is 31.3 Å². The van der Waals surface area contributed by atoms with Crippen molar-refractivity contribution in [2.24, 2.45) is 0 Å². The number of hydrogen-bond donors (Lipinski definition) is 0. The highest BCUT2D eigenvalue weighted by Gasteiger charge is 2.54. The molecule has 0 aromatic heterocycles. The van der Waals surface area contributed by atoms with E-state index in [1.54, 1.807) is 13.1 Å². The van der Waals surface area contributed by atoms with Gasteiger partial charge in [0.15, 0.2) is 8.32 Å². The third-order valence-electron chi connectivity index (χ3n) is 4.43. The molecular weight excluding hydrogens is 395 g/mol. The fourth-order valence-corrected chi connectivity index (χ4v) is 6.33. The monoisotopic (exact) mass is 416 g/mol. The lowest BCUT2D eigenvalue weighted by Gasteiger charge is -2.31. The van der Waals surface area contributed by atoms with E-state index in [0.717, 1.165) is 12.8 Å². The van der Waals surface area contributed by atoms with Gasteiger partial charge in [0.05, 0.1) is 4.90 Å². The second-order valence-electron chi connectivity index (χ2n) is 7.04. The predicted molar refractivity (Wildman–Crippen MR) is 89.3 cm³/mol. The summed E-state index contributed by atoms with van der Waals surface area (Å²) in [5.41, 5.74) is -1.23. The number of rotatable bonds is 7. The van der Waals surface area contributed by atoms with Crippen LogP contribution in [0.2, 0.25) is 19.1 Å². The van der Waals surface area contributed by atoms with E-state index in [4.69, 9.17) is 4.43 Å². The first-order valence-corrected chi connectivity index (χ1v) is 12.9. The Morgan fingerprint density at radius 3 is 2.46 bits per heavy atom. The zero-order chi connectivity index (χ0) is 19.9. The molecule has 0 saturated carbocycles. The minimum atomic E-state index is -5.17. The molecule has 0 spiro atoms. The second kappa shape index (κ2) is 7.20. The highest BCUT2D eigenvalue weighted by Crippen LogP contribution is 2.50. The standard InChI is InChI=1S/C16H21F5O3SSi/c1-4-5-8-26(2,3)24-14-13-10(9-16(14,20)21)11(17)6-7-12(13)25(22,23)15(18)19/h6-7,14-15H,4-5,8-9H2,1-3H3. The lowest BCUT2D eigenvalue weighted by molar-refractivity contribution is -0.0896. The summed E-state index contributed by atoms with van der Waals surface area (Å²) in [7, 11) is -7.83. The first-order valence-electron chi connectivity index (χ1n) is 8.22. The maximum absolute atomic E-state index is 14.6. The third kappa shape index (κ3) is 3.96. The number of halogens is 5. The van der Waals surface area contributed by atoms with E-state index in [0.29, 0.717) is 18.2 Å². The van der Waals surface area contributed by atoms with Gasteiger partial charge in [0.25, 0.3) is 5.92 Å². The van der Waals surface area contributed by atoms with Crippen LogP contribution >= 0.6 is 0 Å². The molecule has 0 amide bonds. The van der Waals surface area contributed by atoms with Crippen LogP contribution in [0, 0.1) is 5.82 Å². The molecule has 1 aromatic carbocycles. The Hall–Kier alpha value is -1.00. The molecule has 1 atom stereocenters. The number of hydrogen-bond acceptors (Lipinski definition) is 3. The van der Waals surface area contributed by atoms with Gasteiger partial charge in [-0.3, -0.25) is 0 Å². The van der Waals surface area contributed by atoms with Crippen molar-refractivity contribution in [3.63, 3.8) is 0 Å². The third-order valence-corrected chi connectivity index (χ3v) is 8.30. The van der Waals surface area contributed by atoms with Crippen LogP contribution in [0.4, 0.5) is 22.0 Å². The lowest BCUT2D eigenvalue weighted by Crippen LogP contribution is -2.37. The lowest BCUT2D eigenvalue weighted by atomic mass is 10.1. The molecule has 1 aromatic rings. The molecule has 2 rings (SSSR count). The van der Waals surface area contributed by atoms with Gasteiger partial charge >= 0.3 is 5.76 Å². The molecule has 0 radical (unpaired) electrons. The van der Waals surface area contributed by atoms with Gasteiger partial charge in [-0.2, -0.15) is 8.78 Å². The molecule has 0 heterocycles. The number of unbranched alkanes of at least 4 members (excludes halogenated alkanes) is 1. The summed E-state index contributed by atoms with van der Waals surface area (Å²) in [5, 5.41) is 0. The highest BCUT2D eigenvalue weighted by molar-refractivity contribution is 7.91. The summed E-state index contributed by atoms with van der Waals surface area (Å²) >= 11 is 0. The average Bonchev–Trinajstić information content (AvgIpc) is 2.77. The molecule has 148 valence electrons. The summed E-state index contributed by atoms with van der Waals surface area (Å²) < 4.78 is 98.6. The quantitative estimate of drug-likeness (QED) is 0.354. The minimum Gasteiger partial charge on any atom is -0.404 e. The highest BCUT2D eigenvalue weighted by atomic mass is 32.2. The van der Waals surface area contributed by atoms with Gasteiger partial charge in [0.1, 0.15) is 11.9 Å². The Kier molecular flexibility index (Phi) is 5.89. The summed E-state index contributed by atoms with van der Waals surface area (Å²) in [6.07, 6.45) is -1.58. The Labute approximate surface area is 150 Å². The fourth-order valence-electron chi connectivity index (χ4n) is 3.09. The fraction of sp³-hybridized carbons (Fsp3) is 0.625. The SMILES string of the molecule is CCCC[Si](C)(C)OC1c2c(S(=O)(=O)C(F)F)ccc(F)c2CC1(F)F. The van der Waals surface area contributed by atoms with E-state index in [9.17, 15) is 30.4 Å². The minimum absolute atomic E-state index is 0.539. The molecule has 0 fully saturated rings. The van der Waals surface area contributed by atoms with Crippen LogP contribution in [-0.2, 0) is 20.7 Å². The zero-order valence-corrected chi connectivity index (χ0v) is 16.5. The zero-order valence-electron chi connectivity index (χ0n) is 14.7. The molecule has 0 aliphatic heterocycles. The van der Waals surface area contributed by atoms with Crippen LogP contribution in [0.1, 0.15) is 37.0 Å². The van der Waals surface area contributed by atoms with E-state index in [-0.39, 0.29) is 0 Å². The van der Waals surface area contributed by atoms with Crippen LogP contribution in [0.25, 0.3) is 0 Å². The Morgan fingerprint density at radius 2 is 1.92 bits per heavy atom. The molecule has 0 N–H and O–H groups in total. The van der Waals surface area contributed by atoms with Crippen molar-refractivity contribution in [1.82, 2.24) is 0 Å². The summed E-state index contributed by atoms with van der Waals surface area (Å²) in [5.74, 6) is -8.42. The van der Waals surface area contributed by atoms with Crippen LogP contribution in [0.5, 0.6) is 0 Å². The van der Waals surface area contributed by atoms with E-state index >= 15 is 0 Å². The van der Waals surface area contributed by atoms with Crippen LogP contribution < -0.4 is 0 Å². The molecule has 0 saturated heterocycles. The average molecular weight is 416 g/mol. The molecule has 1 aliphatic rings. The summed E-state index contributed by atoms with van der Waals surface area (Å²) in [4.78, 5) is -0.980. The Morgan fingerprint density at radius 1 is 1.31 bits per heavy atom. The number of benzene rings is 1. The topological polar surface area (TPSA) is 43.4 Å². The van der Waals surface area contributed by atoms with Crippen LogP contribution in [0.15, 0.2) is 17.0 Å². The number of sulfone groups is 1. The van der Waals surface area contributed by atoms with E-state index in [1.165, 1.54) is 0 Å². The van der Waals surface area contributed by atoms with Crippen molar-refractivity contribution in [1.29, 1.82) is 0 Å². The molecule has 1 unspecified atom stereocenters. The normalized spacial score (nSPS) is 19.8. The maximum Gasteiger partial charge on any atom is 0.341 e. The Balaban J connectivity index is 2.59. The van der Waals surface area contributed by atoms with Crippen LogP contribution in [-0.4, -0.2) is 28.4 Å². The predicted octanol–water partition coefficient (Wildman–Crippen LogP) is 5.08. The molecular formula is C16H21F5O3SSi. The maximum atomic E-state index is 14.6. The van der Waals surface area contributed by atoms with Crippen molar-refractivity contribution in [2.75, 3.05) is 0 Å². The van der Waals surface area contributed by atoms with Crippen molar-refractivity contribution in [2.45, 2.75) is 68.0 Å². The largest absolute Gasteiger partial charge is 0.404 e. The smallest absolute Gasteiger partial charge is 0.341 e. The van der Waals surface area contributed by atoms with Crippen molar-refractivity contribution >= 4 is 18.2 Å². The van der Waals surface area contributed by atoms with Gasteiger partial charge in [0, 0.05) is 17.5 Å². The van der Waals surface area contributed by atoms with Crippen molar-refractivity contribution in [3.8, 4) is 0 Å². The van der Waals surface area contributed by atoms with Gasteiger partial charge in [0.2, 0.25) is 9.84 Å². The molecule has 0 bridgehead atoms. The molecule has 26 heavy (non-hydrogen) atoms. The van der Waals surface area contributed by atoms with Crippen molar-refractivity contribution in [3.05, 3.63) is 29.1 Å². The van der Waals surface area contributed by atoms with E-state index in [2.05, 4.69) is 0 Å². The van der Waals surface area contributed by atoms with Gasteiger partial charge in [-0.1, -0.05) is 19.8 Å². The summed E-state index contributed by atoms with van der Waals surface area (Å²) in [6.45, 7) is 5.31. The second-order valence-corrected chi connectivity index (χ2v) is 13.2. The van der Waals surface area contributed by atoms with E-state index in [1.807, 2.05) is 6.92 Å². The molecule has 10 heteroatoms. The van der Waals surface area contributed by atoms with E-state index < -0.39 is 64.2 Å². The van der Waals surface area contributed by atoms with Gasteiger partial charge in [-0.15, -0.1) is 0 Å². The summed E-state index contributed by atoms with van der Waals surface area (Å²) in [6, 6.07) is 1.79. The molecule has 3 nitrogen and oxygen atoms in total. The van der Waals surface area contributed by atoms with Crippen molar-refractivity contribution < 1.29 is 34.8 Å².